The van der Waals surface area contributed by atoms with Gasteiger partial charge in [0.05, 0.1) is 11.2 Å². The quantitative estimate of drug-likeness (QED) is 0.747. The summed E-state index contributed by atoms with van der Waals surface area (Å²) in [5.41, 5.74) is 6.19. The van der Waals surface area contributed by atoms with E-state index in [9.17, 15) is 0 Å². The summed E-state index contributed by atoms with van der Waals surface area (Å²) < 4.78 is 0. The second-order valence-corrected chi connectivity index (χ2v) is 9.02. The van der Waals surface area contributed by atoms with Gasteiger partial charge in [0.1, 0.15) is 0 Å². The molecule has 4 rings (SSSR count). The van der Waals surface area contributed by atoms with Crippen LogP contribution in [0.3, 0.4) is 0 Å². The number of aromatic nitrogens is 1. The van der Waals surface area contributed by atoms with Gasteiger partial charge in [-0.2, -0.15) is 0 Å². The first-order valence-electron chi connectivity index (χ1n) is 10.2. The fraction of sp³-hybridized carbons (Fsp3) is 0.591. The fourth-order valence-electron chi connectivity index (χ4n) is 4.34. The Kier molecular flexibility index (Phi) is 6.03. The van der Waals surface area contributed by atoms with Crippen molar-refractivity contribution in [3.63, 3.8) is 0 Å². The Morgan fingerprint density at radius 1 is 0.923 bits per heavy atom. The van der Waals surface area contributed by atoms with E-state index in [1.54, 1.807) is 11.3 Å². The van der Waals surface area contributed by atoms with Gasteiger partial charge in [-0.05, 0) is 82.3 Å². The van der Waals surface area contributed by atoms with E-state index in [-0.39, 0.29) is 0 Å². The molecule has 2 aromatic rings. The van der Waals surface area contributed by atoms with Crippen molar-refractivity contribution in [1.29, 1.82) is 0 Å². The van der Waals surface area contributed by atoms with Gasteiger partial charge >= 0.3 is 0 Å². The molecule has 0 atom stereocenters. The summed E-state index contributed by atoms with van der Waals surface area (Å²) in [4.78, 5) is 11.0. The topological polar surface area (TPSA) is 19.4 Å². The molecule has 1 aromatic carbocycles. The zero-order valence-electron chi connectivity index (χ0n) is 16.0. The normalized spacial score (nSPS) is 20.0. The van der Waals surface area contributed by atoms with E-state index in [0.717, 1.165) is 19.0 Å². The van der Waals surface area contributed by atoms with Gasteiger partial charge in [0.15, 0.2) is 0 Å². The highest BCUT2D eigenvalue weighted by Crippen LogP contribution is 2.25. The van der Waals surface area contributed by atoms with Crippen LogP contribution < -0.4 is 0 Å². The van der Waals surface area contributed by atoms with Crippen LogP contribution in [-0.4, -0.2) is 41.0 Å². The SMILES string of the molecule is Cc1ncsc1CN1CCC(Cc2ccc(CN3CCCC3)cc2)CC1. The summed E-state index contributed by atoms with van der Waals surface area (Å²) in [7, 11) is 0. The number of piperidine rings is 1. The van der Waals surface area contributed by atoms with Crippen LogP contribution in [0.2, 0.25) is 0 Å². The van der Waals surface area contributed by atoms with Crippen LogP contribution in [0.1, 0.15) is 47.4 Å². The molecule has 2 fully saturated rings. The van der Waals surface area contributed by atoms with Crippen molar-refractivity contribution in [1.82, 2.24) is 14.8 Å². The predicted octanol–water partition coefficient (Wildman–Crippen LogP) is 4.50. The number of hydrogen-bond donors (Lipinski definition) is 0. The number of rotatable bonds is 6. The molecular formula is C22H31N3S. The van der Waals surface area contributed by atoms with E-state index in [0.29, 0.717) is 0 Å². The predicted molar refractivity (Wildman–Crippen MR) is 110 cm³/mol. The van der Waals surface area contributed by atoms with Gasteiger partial charge in [-0.25, -0.2) is 4.98 Å². The fourth-order valence-corrected chi connectivity index (χ4v) is 5.16. The van der Waals surface area contributed by atoms with Gasteiger partial charge in [-0.1, -0.05) is 24.3 Å². The van der Waals surface area contributed by atoms with Crippen molar-refractivity contribution < 1.29 is 0 Å². The number of likely N-dealkylation sites (tertiary alicyclic amines) is 2. The second-order valence-electron chi connectivity index (χ2n) is 8.08. The molecule has 4 heteroatoms. The first-order chi connectivity index (χ1) is 12.8. The summed E-state index contributed by atoms with van der Waals surface area (Å²) in [6, 6.07) is 9.46. The van der Waals surface area contributed by atoms with Crippen molar-refractivity contribution in [2.45, 2.75) is 52.1 Å². The minimum absolute atomic E-state index is 0.846. The monoisotopic (exact) mass is 369 g/mol. The molecule has 26 heavy (non-hydrogen) atoms. The lowest BCUT2D eigenvalue weighted by Gasteiger charge is -2.31. The van der Waals surface area contributed by atoms with Crippen LogP contribution in [-0.2, 0) is 19.5 Å². The summed E-state index contributed by atoms with van der Waals surface area (Å²) in [6.45, 7) is 9.38. The summed E-state index contributed by atoms with van der Waals surface area (Å²) >= 11 is 1.80. The first-order valence-corrected chi connectivity index (χ1v) is 11.1. The zero-order valence-corrected chi connectivity index (χ0v) is 16.8. The molecule has 140 valence electrons. The molecule has 0 saturated carbocycles. The molecule has 0 amide bonds. The standard InChI is InChI=1S/C22H31N3S/c1-18-22(26-17-23-18)16-25-12-8-20(9-13-25)14-19-4-6-21(7-5-19)15-24-10-2-3-11-24/h4-7,17,20H,2-3,8-16H2,1H3. The van der Waals surface area contributed by atoms with Crippen LogP contribution in [0.4, 0.5) is 0 Å². The molecule has 0 aliphatic carbocycles. The smallest absolute Gasteiger partial charge is 0.0798 e. The number of aryl methyl sites for hydroxylation is 1. The first kappa shape index (κ1) is 18.1. The average molecular weight is 370 g/mol. The number of benzene rings is 1. The Balaban J connectivity index is 1.23. The summed E-state index contributed by atoms with van der Waals surface area (Å²) in [5.74, 6) is 0.846. The Hall–Kier alpha value is -1.23. The molecule has 0 spiro atoms. The Morgan fingerprint density at radius 2 is 1.58 bits per heavy atom. The van der Waals surface area contributed by atoms with Gasteiger partial charge in [0.2, 0.25) is 0 Å². The summed E-state index contributed by atoms with van der Waals surface area (Å²) in [5, 5.41) is 0. The van der Waals surface area contributed by atoms with E-state index < -0.39 is 0 Å². The maximum absolute atomic E-state index is 4.38. The Labute approximate surface area is 162 Å². The van der Waals surface area contributed by atoms with Crippen molar-refractivity contribution in [2.75, 3.05) is 26.2 Å². The van der Waals surface area contributed by atoms with Crippen molar-refractivity contribution >= 4 is 11.3 Å². The molecule has 2 saturated heterocycles. The van der Waals surface area contributed by atoms with Crippen molar-refractivity contribution in [2.24, 2.45) is 5.92 Å². The van der Waals surface area contributed by atoms with Crippen LogP contribution in [0.25, 0.3) is 0 Å². The highest BCUT2D eigenvalue weighted by Gasteiger charge is 2.20. The maximum Gasteiger partial charge on any atom is 0.0798 e. The highest BCUT2D eigenvalue weighted by molar-refractivity contribution is 7.09. The molecular weight excluding hydrogens is 338 g/mol. The molecule has 2 aliphatic rings. The van der Waals surface area contributed by atoms with Gasteiger partial charge < -0.3 is 0 Å². The molecule has 0 bridgehead atoms. The van der Waals surface area contributed by atoms with Crippen LogP contribution >= 0.6 is 11.3 Å². The third-order valence-corrected chi connectivity index (χ3v) is 6.99. The Bertz CT molecular complexity index is 680. The molecule has 3 nitrogen and oxygen atoms in total. The molecule has 0 N–H and O–H groups in total. The molecule has 1 aromatic heterocycles. The molecule has 2 aliphatic heterocycles. The van der Waals surface area contributed by atoms with Gasteiger partial charge in [-0.15, -0.1) is 11.3 Å². The highest BCUT2D eigenvalue weighted by atomic mass is 32.1. The average Bonchev–Trinajstić information content (AvgIpc) is 3.31. The maximum atomic E-state index is 4.38. The van der Waals surface area contributed by atoms with Crippen molar-refractivity contribution in [3.8, 4) is 0 Å². The van der Waals surface area contributed by atoms with E-state index in [2.05, 4.69) is 46.0 Å². The van der Waals surface area contributed by atoms with E-state index >= 15 is 0 Å². The van der Waals surface area contributed by atoms with Gasteiger partial charge in [0.25, 0.3) is 0 Å². The molecule has 0 unspecified atom stereocenters. The van der Waals surface area contributed by atoms with E-state index in [4.69, 9.17) is 0 Å². The van der Waals surface area contributed by atoms with Crippen LogP contribution in [0.5, 0.6) is 0 Å². The lowest BCUT2D eigenvalue weighted by Crippen LogP contribution is -2.33. The number of hydrogen-bond acceptors (Lipinski definition) is 4. The van der Waals surface area contributed by atoms with Crippen LogP contribution in [0.15, 0.2) is 29.8 Å². The minimum atomic E-state index is 0.846. The van der Waals surface area contributed by atoms with E-state index in [1.165, 1.54) is 80.0 Å². The minimum Gasteiger partial charge on any atom is -0.299 e. The number of thiazole rings is 1. The lowest BCUT2D eigenvalue weighted by atomic mass is 9.90. The lowest BCUT2D eigenvalue weighted by molar-refractivity contribution is 0.178. The molecule has 3 heterocycles. The van der Waals surface area contributed by atoms with Crippen molar-refractivity contribution in [3.05, 3.63) is 51.5 Å². The zero-order chi connectivity index (χ0) is 17.8. The largest absolute Gasteiger partial charge is 0.299 e. The third-order valence-electron chi connectivity index (χ3n) is 6.07. The second kappa shape index (κ2) is 8.64. The summed E-state index contributed by atoms with van der Waals surface area (Å²) in [6.07, 6.45) is 6.65. The van der Waals surface area contributed by atoms with E-state index in [1.807, 2.05) is 5.51 Å². The molecule has 0 radical (unpaired) electrons. The van der Waals surface area contributed by atoms with Crippen LogP contribution in [0, 0.1) is 12.8 Å². The van der Waals surface area contributed by atoms with Gasteiger partial charge in [0, 0.05) is 18.0 Å². The third kappa shape index (κ3) is 4.73. The Morgan fingerprint density at radius 3 is 2.23 bits per heavy atom. The number of nitrogens with zero attached hydrogens (tertiary/aromatic N) is 3. The van der Waals surface area contributed by atoms with Gasteiger partial charge in [-0.3, -0.25) is 9.80 Å².